The van der Waals surface area contributed by atoms with Crippen molar-refractivity contribution in [2.24, 2.45) is 5.41 Å². The maximum absolute atomic E-state index is 13.2. The monoisotopic (exact) mass is 604 g/mol. The molecule has 2 aromatic rings. The summed E-state index contributed by atoms with van der Waals surface area (Å²) < 4.78 is 41.7. The number of hydrogen-bond acceptors (Lipinski definition) is 15. The highest BCUT2D eigenvalue weighted by atomic mass is 32.2. The predicted molar refractivity (Wildman–Crippen MR) is 141 cm³/mol. The number of hydrogen-bond donors (Lipinski definition) is 4. The first-order valence-electron chi connectivity index (χ1n) is 12.5. The minimum absolute atomic E-state index is 0.0557. The van der Waals surface area contributed by atoms with E-state index in [0.717, 1.165) is 11.8 Å². The van der Waals surface area contributed by atoms with Gasteiger partial charge in [-0.2, -0.15) is 9.97 Å². The maximum atomic E-state index is 13.2. The Morgan fingerprint density at radius 1 is 1.40 bits per heavy atom. The molecule has 2 fully saturated rings. The maximum Gasteiger partial charge on any atom is 0.475 e. The smallest absolute Gasteiger partial charge is 0.475 e. The first-order chi connectivity index (χ1) is 18.8. The van der Waals surface area contributed by atoms with Crippen molar-refractivity contribution >= 4 is 47.9 Å². The molecular formula is C22H33N6O10PS. The van der Waals surface area contributed by atoms with Crippen LogP contribution in [0.15, 0.2) is 6.33 Å². The fourth-order valence-electron chi connectivity index (χ4n) is 4.27. The molecule has 222 valence electrons. The van der Waals surface area contributed by atoms with E-state index in [2.05, 4.69) is 20.3 Å². The van der Waals surface area contributed by atoms with Crippen molar-refractivity contribution in [1.29, 1.82) is 0 Å². The molecular weight excluding hydrogens is 571 g/mol. The molecule has 18 heteroatoms. The van der Waals surface area contributed by atoms with Crippen LogP contribution in [0.4, 0.5) is 10.7 Å². The van der Waals surface area contributed by atoms with Gasteiger partial charge in [0, 0.05) is 17.7 Å². The van der Waals surface area contributed by atoms with Crippen molar-refractivity contribution in [2.45, 2.75) is 58.2 Å². The molecule has 1 unspecified atom stereocenters. The van der Waals surface area contributed by atoms with Gasteiger partial charge < -0.3 is 30.7 Å². The molecule has 0 aromatic carbocycles. The second kappa shape index (κ2) is 11.8. The zero-order chi connectivity index (χ0) is 29.3. The lowest BCUT2D eigenvalue weighted by molar-refractivity contribution is -0.118. The molecule has 2 aliphatic rings. The van der Waals surface area contributed by atoms with E-state index in [1.807, 2.05) is 0 Å². The number of nitrogens with one attached hydrogen (secondary N) is 1. The van der Waals surface area contributed by atoms with Crippen molar-refractivity contribution in [3.63, 3.8) is 0 Å². The van der Waals surface area contributed by atoms with Gasteiger partial charge in [0.2, 0.25) is 11.8 Å². The summed E-state index contributed by atoms with van der Waals surface area (Å²) in [5.74, 6) is -0.464. The number of aliphatic hydroxyl groups is 1. The van der Waals surface area contributed by atoms with E-state index in [-0.39, 0.29) is 54.3 Å². The Morgan fingerprint density at radius 3 is 2.88 bits per heavy atom. The van der Waals surface area contributed by atoms with Crippen LogP contribution < -0.4 is 11.1 Å². The molecule has 0 spiro atoms. The van der Waals surface area contributed by atoms with Crippen molar-refractivity contribution in [2.75, 3.05) is 37.9 Å². The quantitative estimate of drug-likeness (QED) is 0.224. The van der Waals surface area contributed by atoms with Gasteiger partial charge in [-0.25, -0.2) is 14.3 Å². The van der Waals surface area contributed by atoms with Gasteiger partial charge in [0.25, 0.3) is 0 Å². The summed E-state index contributed by atoms with van der Waals surface area (Å²) in [6.45, 7) is 6.85. The highest BCUT2D eigenvalue weighted by Crippen LogP contribution is 2.58. The number of anilines is 1. The minimum Gasteiger partial charge on any atom is -0.492 e. The van der Waals surface area contributed by atoms with Gasteiger partial charge in [0.1, 0.15) is 17.8 Å². The lowest BCUT2D eigenvalue weighted by Crippen LogP contribution is -2.47. The molecule has 2 aromatic heterocycles. The van der Waals surface area contributed by atoms with Crippen LogP contribution in [0.5, 0.6) is 5.88 Å². The molecule has 5 N–H and O–H groups in total. The number of phosphoric ester groups is 1. The Labute approximate surface area is 233 Å². The van der Waals surface area contributed by atoms with Gasteiger partial charge in [-0.1, -0.05) is 25.6 Å². The number of thioether (sulfide) groups is 1. The largest absolute Gasteiger partial charge is 0.492 e. The normalized spacial score (nSPS) is 28.4. The summed E-state index contributed by atoms with van der Waals surface area (Å²) in [4.78, 5) is 35.9. The number of aromatic hydroxyl groups is 1. The standard InChI is InChI=1S/C22H33N6O10PS/c1-5-34-20(31)24-7-6-21(2,3)18(30)40-9-8-35-39(33)36-10-12-14(38-39)22(4,32)17(37-12)28-11-25-13-15(28)26-19(23)27-16(13)29/h11-12,14,17,32H,5-10H2,1-4H3,(H,24,31)(H3,23,26,27,29)/t12-,14-,17-,22-,39?/m1/s1. The zero-order valence-electron chi connectivity index (χ0n) is 22.4. The van der Waals surface area contributed by atoms with E-state index < -0.39 is 49.2 Å². The number of imidazole rings is 1. The van der Waals surface area contributed by atoms with Crippen LogP contribution in [0.2, 0.25) is 0 Å². The van der Waals surface area contributed by atoms with E-state index in [4.69, 9.17) is 28.8 Å². The topological polar surface area (TPSA) is 219 Å². The third kappa shape index (κ3) is 6.35. The number of carbonyl (C=O) groups excluding carboxylic acids is 2. The summed E-state index contributed by atoms with van der Waals surface area (Å²) >= 11 is 0.994. The second-order valence-corrected chi connectivity index (χ2v) is 12.7. The van der Waals surface area contributed by atoms with Crippen molar-refractivity contribution in [1.82, 2.24) is 24.8 Å². The van der Waals surface area contributed by atoms with Crippen LogP contribution in [0.25, 0.3) is 11.2 Å². The van der Waals surface area contributed by atoms with Crippen molar-refractivity contribution in [3.8, 4) is 5.88 Å². The molecule has 0 aliphatic carbocycles. The number of fused-ring (bicyclic) bond motifs is 2. The molecule has 2 aliphatic heterocycles. The number of carbonyl (C=O) groups is 2. The average molecular weight is 605 g/mol. The second-order valence-electron chi connectivity index (χ2n) is 10.0. The first kappa shape index (κ1) is 30.4. The molecule has 0 radical (unpaired) electrons. The van der Waals surface area contributed by atoms with E-state index in [1.54, 1.807) is 20.8 Å². The molecule has 4 rings (SSSR count). The molecule has 0 saturated carbocycles. The molecule has 4 heterocycles. The molecule has 2 saturated heterocycles. The molecule has 0 bridgehead atoms. The van der Waals surface area contributed by atoms with Crippen molar-refractivity contribution < 1.29 is 47.4 Å². The molecule has 1 amide bonds. The lowest BCUT2D eigenvalue weighted by Gasteiger charge is -2.35. The van der Waals surface area contributed by atoms with Gasteiger partial charge >= 0.3 is 13.9 Å². The molecule has 5 atom stereocenters. The number of alkyl carbamates (subject to hydrolysis) is 1. The highest BCUT2D eigenvalue weighted by molar-refractivity contribution is 8.13. The number of nitrogens with zero attached hydrogens (tertiary/aromatic N) is 4. The van der Waals surface area contributed by atoms with Crippen LogP contribution in [0.3, 0.4) is 0 Å². The van der Waals surface area contributed by atoms with E-state index in [0.29, 0.717) is 6.42 Å². The third-order valence-electron chi connectivity index (χ3n) is 6.44. The molecule has 40 heavy (non-hydrogen) atoms. The SMILES string of the molecule is CCOC(=O)NCCC(C)(C)C(=O)SCCOP1(=O)OC[C@H]2O[C@@H](n3cnc4c(O)nc(N)nc43)[C@](C)(O)[C@@H]2O1. The number of rotatable bonds is 10. The third-order valence-corrected chi connectivity index (χ3v) is 9.08. The summed E-state index contributed by atoms with van der Waals surface area (Å²) in [5.41, 5.74) is 3.34. The summed E-state index contributed by atoms with van der Waals surface area (Å²) in [6, 6.07) is 0. The van der Waals surface area contributed by atoms with Crippen LogP contribution in [-0.2, 0) is 32.4 Å². The summed E-state index contributed by atoms with van der Waals surface area (Å²) in [5, 5.41) is 23.8. The Balaban J connectivity index is 1.31. The van der Waals surface area contributed by atoms with E-state index in [1.165, 1.54) is 17.8 Å². The Morgan fingerprint density at radius 2 is 2.15 bits per heavy atom. The Hall–Kier alpha value is -2.53. The zero-order valence-corrected chi connectivity index (χ0v) is 24.1. The minimum atomic E-state index is -4.10. The fraction of sp³-hybridized carbons (Fsp3) is 0.682. The first-order valence-corrected chi connectivity index (χ1v) is 14.9. The predicted octanol–water partition coefficient (Wildman–Crippen LogP) is 1.72. The van der Waals surface area contributed by atoms with Crippen LogP contribution in [-0.4, -0.2) is 90.9 Å². The van der Waals surface area contributed by atoms with Crippen LogP contribution >= 0.6 is 19.6 Å². The van der Waals surface area contributed by atoms with E-state index >= 15 is 0 Å². The number of amides is 1. The fourth-order valence-corrected chi connectivity index (χ4v) is 6.71. The summed E-state index contributed by atoms with van der Waals surface area (Å²) in [6.07, 6.45) is -1.87. The van der Waals surface area contributed by atoms with Gasteiger partial charge in [-0.15, -0.1) is 0 Å². The number of phosphoric acid groups is 1. The number of nitrogens with two attached hydrogens (primary N) is 1. The highest BCUT2D eigenvalue weighted by Gasteiger charge is 2.60. The van der Waals surface area contributed by atoms with E-state index in [9.17, 15) is 24.4 Å². The van der Waals surface area contributed by atoms with Crippen molar-refractivity contribution in [3.05, 3.63) is 6.33 Å². The van der Waals surface area contributed by atoms with Gasteiger partial charge in [0.15, 0.2) is 22.5 Å². The van der Waals surface area contributed by atoms with Crippen LogP contribution in [0, 0.1) is 5.41 Å². The van der Waals surface area contributed by atoms with Gasteiger partial charge in [-0.3, -0.25) is 22.9 Å². The lowest BCUT2D eigenvalue weighted by atomic mass is 9.91. The van der Waals surface area contributed by atoms with Gasteiger partial charge in [-0.05, 0) is 20.3 Å². The van der Waals surface area contributed by atoms with Crippen LogP contribution in [0.1, 0.15) is 40.3 Å². The van der Waals surface area contributed by atoms with Gasteiger partial charge in [0.05, 0.1) is 26.1 Å². The number of aromatic nitrogens is 4. The summed E-state index contributed by atoms with van der Waals surface area (Å²) in [7, 11) is -4.10. The Bertz CT molecular complexity index is 1310. The molecule has 16 nitrogen and oxygen atoms in total. The number of nitrogen functional groups attached to an aromatic ring is 1. The average Bonchev–Trinajstić information content (AvgIpc) is 3.39. The Kier molecular flexibility index (Phi) is 8.94. The number of ether oxygens (including phenoxy) is 2.